The van der Waals surface area contributed by atoms with Crippen LogP contribution in [0.3, 0.4) is 0 Å². The summed E-state index contributed by atoms with van der Waals surface area (Å²) in [6.07, 6.45) is 26.8. The topological polar surface area (TPSA) is 77.3 Å². The second-order valence-corrected chi connectivity index (χ2v) is 16.2. The van der Waals surface area contributed by atoms with E-state index < -0.39 is 5.97 Å². The molecular formula is C55H66N2O4. The lowest BCUT2D eigenvalue weighted by atomic mass is 10.0. The molecule has 0 saturated carbocycles. The molecule has 0 fully saturated rings. The molecule has 0 aromatic heterocycles. The fourth-order valence-electron chi connectivity index (χ4n) is 7.33. The molecule has 5 aromatic rings. The first-order valence-electron chi connectivity index (χ1n) is 22.9. The van der Waals surface area contributed by atoms with Gasteiger partial charge in [0.2, 0.25) is 0 Å². The molecule has 0 atom stereocenters. The smallest absolute Gasteiger partial charge is 0.343 e. The summed E-state index contributed by atoms with van der Waals surface area (Å²) in [6, 6.07) is 36.2. The van der Waals surface area contributed by atoms with Crippen molar-refractivity contribution < 1.29 is 19.1 Å². The zero-order valence-corrected chi connectivity index (χ0v) is 36.9. The quantitative estimate of drug-likeness (QED) is 0.0241. The van der Waals surface area contributed by atoms with Crippen molar-refractivity contribution in [2.75, 3.05) is 0 Å². The predicted molar refractivity (Wildman–Crippen MR) is 254 cm³/mol. The number of hydrogen-bond donors (Lipinski definition) is 0. The van der Waals surface area contributed by atoms with Gasteiger partial charge in [-0.25, -0.2) is 9.59 Å². The first-order valence-corrected chi connectivity index (χ1v) is 22.9. The molecule has 0 heterocycles. The highest BCUT2D eigenvalue weighted by Gasteiger charge is 2.14. The maximum Gasteiger partial charge on any atom is 0.343 e. The first kappa shape index (κ1) is 46.4. The average Bonchev–Trinajstić information content (AvgIpc) is 3.28. The van der Waals surface area contributed by atoms with Gasteiger partial charge in [-0.1, -0.05) is 134 Å². The average molecular weight is 819 g/mol. The monoisotopic (exact) mass is 819 g/mol. The Balaban J connectivity index is 1.04. The number of esters is 2. The second kappa shape index (κ2) is 26.6. The summed E-state index contributed by atoms with van der Waals surface area (Å²) in [5, 5.41) is 0. The fraction of sp³-hybridized carbons (Fsp3) is 0.382. The molecule has 0 amide bonds. The summed E-state index contributed by atoms with van der Waals surface area (Å²) in [5.41, 5.74) is 7.59. The van der Waals surface area contributed by atoms with Crippen LogP contribution < -0.4 is 9.47 Å². The number of benzene rings is 5. The van der Waals surface area contributed by atoms with E-state index in [-0.39, 0.29) is 5.97 Å². The summed E-state index contributed by atoms with van der Waals surface area (Å²) in [4.78, 5) is 35.3. The Hall–Kier alpha value is -5.62. The minimum absolute atomic E-state index is 0.387. The molecule has 0 saturated heterocycles. The largest absolute Gasteiger partial charge is 0.423 e. The van der Waals surface area contributed by atoms with Crippen LogP contribution in [0.4, 0.5) is 11.4 Å². The normalized spacial score (nSPS) is 11.4. The molecule has 5 rings (SSSR count). The van der Waals surface area contributed by atoms with Crippen molar-refractivity contribution in [3.05, 3.63) is 154 Å². The van der Waals surface area contributed by atoms with Gasteiger partial charge in [0.15, 0.2) is 0 Å². The predicted octanol–water partition coefficient (Wildman–Crippen LogP) is 15.3. The molecule has 0 N–H and O–H groups in total. The number of unbranched alkanes of at least 4 members (excludes halogenated alkanes) is 14. The minimum atomic E-state index is -0.451. The van der Waals surface area contributed by atoms with Crippen molar-refractivity contribution in [1.82, 2.24) is 0 Å². The van der Waals surface area contributed by atoms with Gasteiger partial charge in [-0.3, -0.25) is 9.98 Å². The lowest BCUT2D eigenvalue weighted by Crippen LogP contribution is -2.10. The zero-order valence-electron chi connectivity index (χ0n) is 36.9. The summed E-state index contributed by atoms with van der Waals surface area (Å²) in [6.45, 7) is 6.37. The van der Waals surface area contributed by atoms with E-state index in [1.165, 1.54) is 114 Å². The van der Waals surface area contributed by atoms with Gasteiger partial charge in [-0.05, 0) is 145 Å². The Bertz CT molecular complexity index is 2100. The van der Waals surface area contributed by atoms with Gasteiger partial charge < -0.3 is 9.47 Å². The Kier molecular flexibility index (Phi) is 20.2. The van der Waals surface area contributed by atoms with Gasteiger partial charge in [0.25, 0.3) is 0 Å². The maximum atomic E-state index is 13.2. The van der Waals surface area contributed by atoms with Gasteiger partial charge in [-0.2, -0.15) is 0 Å². The summed E-state index contributed by atoms with van der Waals surface area (Å²) < 4.78 is 11.4. The molecule has 0 aliphatic heterocycles. The highest BCUT2D eigenvalue weighted by atomic mass is 16.5. The number of carbonyl (C=O) groups is 2. The van der Waals surface area contributed by atoms with Crippen molar-refractivity contribution >= 4 is 35.7 Å². The van der Waals surface area contributed by atoms with Crippen molar-refractivity contribution in [3.63, 3.8) is 0 Å². The molecule has 0 bridgehead atoms. The SMILES string of the molecule is CCCCCCCCCCCCc1ccc(N=Cc2ccc(OC(=O)c3cccc(N=Cc4ccc(OC(=O)c5ccc(CCCCCCCC)cc5)cc4)c3C)cc2)cc1. The molecule has 320 valence electrons. The fourth-order valence-corrected chi connectivity index (χ4v) is 7.33. The standard InChI is InChI=1S/C55H66N2O4/c1-4-6-8-10-12-13-14-15-17-19-22-45-27-35-49(36-28-45)56-41-46-29-39-51(40-30-46)61-55(59)52-23-20-24-53(43(52)3)57-42-47-31-37-50(38-32-47)60-54(58)48-33-25-44(26-34-48)21-18-16-11-9-7-5-2/h20,23-42H,4-19,21-22H2,1-3H3. The van der Waals surface area contributed by atoms with Crippen LogP contribution in [0.25, 0.3) is 0 Å². The Morgan fingerprint density at radius 3 is 1.43 bits per heavy atom. The zero-order chi connectivity index (χ0) is 42.9. The number of nitrogens with zero attached hydrogens (tertiary/aromatic N) is 2. The van der Waals surface area contributed by atoms with E-state index in [1.54, 1.807) is 42.6 Å². The van der Waals surface area contributed by atoms with E-state index in [2.05, 4.69) is 48.1 Å². The van der Waals surface area contributed by atoms with E-state index in [0.717, 1.165) is 29.7 Å². The van der Waals surface area contributed by atoms with Crippen molar-refractivity contribution in [2.45, 2.75) is 136 Å². The van der Waals surface area contributed by atoms with Crippen LogP contribution in [-0.2, 0) is 12.8 Å². The Morgan fingerprint density at radius 2 is 0.918 bits per heavy atom. The third-order valence-corrected chi connectivity index (χ3v) is 11.2. The molecule has 0 aliphatic carbocycles. The van der Waals surface area contributed by atoms with E-state index in [9.17, 15) is 9.59 Å². The first-order chi connectivity index (χ1) is 29.9. The van der Waals surface area contributed by atoms with Crippen LogP contribution in [0.1, 0.15) is 165 Å². The Labute approximate surface area is 365 Å². The number of ether oxygens (including phenoxy) is 2. The van der Waals surface area contributed by atoms with Gasteiger partial charge in [0.05, 0.1) is 22.5 Å². The minimum Gasteiger partial charge on any atom is -0.423 e. The van der Waals surface area contributed by atoms with E-state index >= 15 is 0 Å². The Morgan fingerprint density at radius 1 is 0.475 bits per heavy atom. The lowest BCUT2D eigenvalue weighted by molar-refractivity contribution is 0.0724. The third-order valence-electron chi connectivity index (χ3n) is 11.2. The molecule has 0 radical (unpaired) electrons. The molecule has 61 heavy (non-hydrogen) atoms. The van der Waals surface area contributed by atoms with Crippen LogP contribution in [0.5, 0.6) is 11.5 Å². The van der Waals surface area contributed by atoms with E-state index in [0.29, 0.717) is 33.9 Å². The molecule has 0 spiro atoms. The van der Waals surface area contributed by atoms with E-state index in [4.69, 9.17) is 9.47 Å². The number of aliphatic imine (C=N–C) groups is 2. The van der Waals surface area contributed by atoms with Gasteiger partial charge in [0, 0.05) is 12.4 Å². The number of hydrogen-bond acceptors (Lipinski definition) is 6. The third kappa shape index (κ3) is 16.7. The van der Waals surface area contributed by atoms with Gasteiger partial charge in [-0.15, -0.1) is 0 Å². The van der Waals surface area contributed by atoms with Crippen molar-refractivity contribution in [2.24, 2.45) is 9.98 Å². The summed E-state index contributed by atoms with van der Waals surface area (Å²) in [5.74, 6) is 0.0714. The van der Waals surface area contributed by atoms with Crippen LogP contribution in [0.2, 0.25) is 0 Å². The highest BCUT2D eigenvalue weighted by molar-refractivity contribution is 5.95. The second-order valence-electron chi connectivity index (χ2n) is 16.2. The molecule has 5 aromatic carbocycles. The maximum absolute atomic E-state index is 13.2. The summed E-state index contributed by atoms with van der Waals surface area (Å²) in [7, 11) is 0. The van der Waals surface area contributed by atoms with Crippen molar-refractivity contribution in [3.8, 4) is 11.5 Å². The molecular weight excluding hydrogens is 753 g/mol. The lowest BCUT2D eigenvalue weighted by Gasteiger charge is -2.09. The van der Waals surface area contributed by atoms with Crippen LogP contribution in [-0.4, -0.2) is 24.4 Å². The molecule has 6 heteroatoms. The molecule has 0 unspecified atom stereocenters. The number of aryl methyl sites for hydroxylation is 2. The van der Waals surface area contributed by atoms with Crippen LogP contribution >= 0.6 is 0 Å². The number of carbonyl (C=O) groups excluding carboxylic acids is 2. The number of rotatable bonds is 26. The van der Waals surface area contributed by atoms with Crippen molar-refractivity contribution in [1.29, 1.82) is 0 Å². The van der Waals surface area contributed by atoms with Crippen LogP contribution in [0, 0.1) is 6.92 Å². The van der Waals surface area contributed by atoms with Gasteiger partial charge >= 0.3 is 11.9 Å². The molecule has 0 aliphatic rings. The van der Waals surface area contributed by atoms with E-state index in [1.807, 2.05) is 67.7 Å². The van der Waals surface area contributed by atoms with Crippen LogP contribution in [0.15, 0.2) is 125 Å². The molecule has 6 nitrogen and oxygen atoms in total. The van der Waals surface area contributed by atoms with Gasteiger partial charge in [0.1, 0.15) is 11.5 Å². The highest BCUT2D eigenvalue weighted by Crippen LogP contribution is 2.25. The summed E-state index contributed by atoms with van der Waals surface area (Å²) >= 11 is 0.